The van der Waals surface area contributed by atoms with Gasteiger partial charge < -0.3 is 9.47 Å². The van der Waals surface area contributed by atoms with Crippen molar-refractivity contribution < 1.29 is 9.47 Å². The van der Waals surface area contributed by atoms with Crippen molar-refractivity contribution >= 4 is 45.2 Å². The molecule has 2 saturated heterocycles. The molecule has 0 aromatic carbocycles. The second-order valence-corrected chi connectivity index (χ2v) is 5.19. The van der Waals surface area contributed by atoms with Crippen LogP contribution in [-0.4, -0.2) is 27.4 Å². The van der Waals surface area contributed by atoms with Gasteiger partial charge in [0.2, 0.25) is 0 Å². The van der Waals surface area contributed by atoms with E-state index in [1.54, 1.807) is 0 Å². The Balaban J connectivity index is 1.89. The van der Waals surface area contributed by atoms with Crippen molar-refractivity contribution in [2.45, 2.75) is 31.3 Å². The topological polar surface area (TPSA) is 18.5 Å². The number of ether oxygens (including phenoxy) is 2. The molecule has 2 heterocycles. The Kier molecular flexibility index (Phi) is 3.53. The van der Waals surface area contributed by atoms with Gasteiger partial charge in [0, 0.05) is 14.8 Å². The molecule has 2 unspecified atom stereocenters. The molecular formula is C8H12I2O2. The molecule has 0 spiro atoms. The zero-order valence-electron chi connectivity index (χ0n) is 6.71. The van der Waals surface area contributed by atoms with Crippen LogP contribution in [0.25, 0.3) is 0 Å². The highest BCUT2D eigenvalue weighted by molar-refractivity contribution is 14.1. The fraction of sp³-hybridized carbons (Fsp3) is 1.00. The molecule has 2 aliphatic heterocycles. The van der Waals surface area contributed by atoms with Crippen molar-refractivity contribution in [1.82, 2.24) is 0 Å². The first-order chi connectivity index (χ1) is 5.83. The standard InChI is InChI=1S/C8H12I2O2/c9-3-6-1-5-2-7(4-10)12-8(5)11-6/h5-8H,1-4H2/t5?,6-,7+,8?. The van der Waals surface area contributed by atoms with E-state index >= 15 is 0 Å². The van der Waals surface area contributed by atoms with Crippen LogP contribution in [0, 0.1) is 5.92 Å². The third kappa shape index (κ3) is 1.90. The number of hydrogen-bond donors (Lipinski definition) is 0. The fourth-order valence-corrected chi connectivity index (χ4v) is 3.07. The van der Waals surface area contributed by atoms with Crippen molar-refractivity contribution in [2.75, 3.05) is 8.86 Å². The van der Waals surface area contributed by atoms with Crippen LogP contribution in [-0.2, 0) is 9.47 Å². The molecule has 0 bridgehead atoms. The molecule has 4 atom stereocenters. The minimum atomic E-state index is 0.129. The van der Waals surface area contributed by atoms with Crippen LogP contribution in [0.2, 0.25) is 0 Å². The van der Waals surface area contributed by atoms with E-state index in [0.717, 1.165) is 8.86 Å². The summed E-state index contributed by atoms with van der Waals surface area (Å²) in [6.45, 7) is 0. The summed E-state index contributed by atoms with van der Waals surface area (Å²) < 4.78 is 13.7. The molecule has 2 aliphatic rings. The quantitative estimate of drug-likeness (QED) is 0.529. The predicted molar refractivity (Wildman–Crippen MR) is 64.0 cm³/mol. The number of alkyl halides is 2. The summed E-state index contributed by atoms with van der Waals surface area (Å²) >= 11 is 4.76. The number of fused-ring (bicyclic) bond motifs is 1. The molecule has 70 valence electrons. The minimum Gasteiger partial charge on any atom is -0.348 e. The molecule has 0 amide bonds. The van der Waals surface area contributed by atoms with E-state index in [2.05, 4.69) is 45.2 Å². The average Bonchev–Trinajstić information content (AvgIpc) is 2.59. The predicted octanol–water partition coefficient (Wildman–Crippen LogP) is 2.38. The highest BCUT2D eigenvalue weighted by Crippen LogP contribution is 2.38. The van der Waals surface area contributed by atoms with E-state index in [9.17, 15) is 0 Å². The summed E-state index contributed by atoms with van der Waals surface area (Å²) in [4.78, 5) is 0. The van der Waals surface area contributed by atoms with Crippen molar-refractivity contribution in [3.05, 3.63) is 0 Å². The third-order valence-corrected chi connectivity index (χ3v) is 4.48. The zero-order valence-corrected chi connectivity index (χ0v) is 11.0. The maximum absolute atomic E-state index is 5.73. The summed E-state index contributed by atoms with van der Waals surface area (Å²) in [5.41, 5.74) is 0. The zero-order chi connectivity index (χ0) is 8.55. The van der Waals surface area contributed by atoms with Gasteiger partial charge in [-0.05, 0) is 12.8 Å². The molecule has 0 aromatic rings. The molecule has 4 heteroatoms. The smallest absolute Gasteiger partial charge is 0.161 e. The van der Waals surface area contributed by atoms with Crippen LogP contribution in [0.4, 0.5) is 0 Å². The first kappa shape index (κ1) is 9.92. The maximum Gasteiger partial charge on any atom is 0.161 e. The van der Waals surface area contributed by atoms with E-state index < -0.39 is 0 Å². The summed E-state index contributed by atoms with van der Waals surface area (Å²) in [7, 11) is 0. The highest BCUT2D eigenvalue weighted by atomic mass is 127. The Hall–Kier alpha value is 1.38. The highest BCUT2D eigenvalue weighted by Gasteiger charge is 2.42. The summed E-state index contributed by atoms with van der Waals surface area (Å²) in [6.07, 6.45) is 3.46. The fourth-order valence-electron chi connectivity index (χ4n) is 1.94. The molecule has 0 N–H and O–H groups in total. The Bertz CT molecular complexity index is 135. The summed E-state index contributed by atoms with van der Waals surface area (Å²) in [6, 6.07) is 0. The first-order valence-electron chi connectivity index (χ1n) is 4.26. The second-order valence-electron chi connectivity index (χ2n) is 3.42. The molecule has 2 rings (SSSR count). The molecule has 0 radical (unpaired) electrons. The lowest BCUT2D eigenvalue weighted by Gasteiger charge is -2.12. The van der Waals surface area contributed by atoms with Gasteiger partial charge in [0.25, 0.3) is 0 Å². The molecule has 12 heavy (non-hydrogen) atoms. The lowest BCUT2D eigenvalue weighted by molar-refractivity contribution is -0.128. The number of rotatable bonds is 2. The van der Waals surface area contributed by atoms with Crippen LogP contribution in [0.1, 0.15) is 12.8 Å². The van der Waals surface area contributed by atoms with Crippen molar-refractivity contribution in [3.63, 3.8) is 0 Å². The largest absolute Gasteiger partial charge is 0.348 e. The maximum atomic E-state index is 5.73. The van der Waals surface area contributed by atoms with Crippen LogP contribution in [0.5, 0.6) is 0 Å². The Morgan fingerprint density at radius 3 is 1.83 bits per heavy atom. The number of hydrogen-bond acceptors (Lipinski definition) is 2. The average molecular weight is 394 g/mol. The van der Waals surface area contributed by atoms with Gasteiger partial charge in [0.1, 0.15) is 0 Å². The minimum absolute atomic E-state index is 0.129. The van der Waals surface area contributed by atoms with Gasteiger partial charge in [0.05, 0.1) is 12.2 Å². The van der Waals surface area contributed by atoms with E-state index in [1.807, 2.05) is 0 Å². The lowest BCUT2D eigenvalue weighted by atomic mass is 10.0. The first-order valence-corrected chi connectivity index (χ1v) is 7.31. The van der Waals surface area contributed by atoms with E-state index in [1.165, 1.54) is 12.8 Å². The van der Waals surface area contributed by atoms with Crippen LogP contribution in [0.15, 0.2) is 0 Å². The van der Waals surface area contributed by atoms with Crippen LogP contribution >= 0.6 is 45.2 Å². The van der Waals surface area contributed by atoms with Gasteiger partial charge in [-0.3, -0.25) is 0 Å². The third-order valence-electron chi connectivity index (χ3n) is 2.51. The molecule has 0 aromatic heterocycles. The van der Waals surface area contributed by atoms with Gasteiger partial charge in [0.15, 0.2) is 6.29 Å². The second kappa shape index (κ2) is 4.27. The normalized spacial score (nSPS) is 46.5. The Morgan fingerprint density at radius 2 is 1.50 bits per heavy atom. The monoisotopic (exact) mass is 394 g/mol. The Labute approximate surface area is 100 Å². The summed E-state index contributed by atoms with van der Waals surface area (Å²) in [5, 5.41) is 0. The Morgan fingerprint density at radius 1 is 1.00 bits per heavy atom. The molecular weight excluding hydrogens is 382 g/mol. The van der Waals surface area contributed by atoms with Gasteiger partial charge in [-0.2, -0.15) is 0 Å². The summed E-state index contributed by atoms with van der Waals surface area (Å²) in [5.74, 6) is 0.685. The van der Waals surface area contributed by atoms with Crippen LogP contribution in [0.3, 0.4) is 0 Å². The van der Waals surface area contributed by atoms with Gasteiger partial charge in [-0.25, -0.2) is 0 Å². The van der Waals surface area contributed by atoms with E-state index in [-0.39, 0.29) is 6.29 Å². The molecule has 2 fully saturated rings. The molecule has 0 saturated carbocycles. The van der Waals surface area contributed by atoms with Crippen LogP contribution < -0.4 is 0 Å². The van der Waals surface area contributed by atoms with E-state index in [0.29, 0.717) is 18.1 Å². The van der Waals surface area contributed by atoms with Crippen molar-refractivity contribution in [1.29, 1.82) is 0 Å². The van der Waals surface area contributed by atoms with E-state index in [4.69, 9.17) is 9.47 Å². The molecule has 0 aliphatic carbocycles. The lowest BCUT2D eigenvalue weighted by Crippen LogP contribution is -2.17. The van der Waals surface area contributed by atoms with Crippen molar-refractivity contribution in [3.8, 4) is 0 Å². The SMILES string of the molecule is IC[C@@H]1CC2C[C@H](CI)OC2O1. The number of halogens is 2. The van der Waals surface area contributed by atoms with Gasteiger partial charge in [-0.1, -0.05) is 45.2 Å². The van der Waals surface area contributed by atoms with Crippen molar-refractivity contribution in [2.24, 2.45) is 5.92 Å². The van der Waals surface area contributed by atoms with Gasteiger partial charge >= 0.3 is 0 Å². The molecule has 2 nitrogen and oxygen atoms in total. The van der Waals surface area contributed by atoms with Gasteiger partial charge in [-0.15, -0.1) is 0 Å².